The molecule has 0 fully saturated rings. The zero-order valence-corrected chi connectivity index (χ0v) is 11.5. The van der Waals surface area contributed by atoms with Gasteiger partial charge >= 0.3 is 0 Å². The van der Waals surface area contributed by atoms with Gasteiger partial charge in [0, 0.05) is 6.42 Å². The Kier molecular flexibility index (Phi) is 7.11. The van der Waals surface area contributed by atoms with E-state index in [0.29, 0.717) is 13.0 Å². The normalized spacial score (nSPS) is 12.2. The molecular weight excluding hydrogens is 243 g/mol. The Morgan fingerprint density at radius 3 is 2.47 bits per heavy atom. The van der Waals surface area contributed by atoms with Crippen LogP contribution in [0.1, 0.15) is 50.6 Å². The van der Waals surface area contributed by atoms with E-state index >= 15 is 0 Å². The van der Waals surface area contributed by atoms with Crippen LogP contribution in [0.25, 0.3) is 0 Å². The van der Waals surface area contributed by atoms with Gasteiger partial charge in [0.1, 0.15) is 5.82 Å². The number of nitrogens with one attached hydrogen (secondary N) is 1. The molecule has 106 valence electrons. The molecule has 0 saturated carbocycles. The SMILES string of the molecule is C[C@@H](NC(=O)CCCCCCN)c1ccc(F)cc1. The Bertz CT molecular complexity index is 378. The number of carbonyl (C=O) groups is 1. The van der Waals surface area contributed by atoms with Gasteiger partial charge in [-0.1, -0.05) is 25.0 Å². The predicted octanol–water partition coefficient (Wildman–Crippen LogP) is 2.91. The van der Waals surface area contributed by atoms with Gasteiger partial charge in [0.25, 0.3) is 0 Å². The molecule has 0 bridgehead atoms. The quantitative estimate of drug-likeness (QED) is 0.711. The molecule has 0 aromatic heterocycles. The summed E-state index contributed by atoms with van der Waals surface area (Å²) in [7, 11) is 0. The molecule has 3 nitrogen and oxygen atoms in total. The van der Waals surface area contributed by atoms with Crippen molar-refractivity contribution in [1.29, 1.82) is 0 Å². The van der Waals surface area contributed by atoms with Crippen molar-refractivity contribution < 1.29 is 9.18 Å². The first kappa shape index (κ1) is 15.6. The highest BCUT2D eigenvalue weighted by Gasteiger charge is 2.09. The van der Waals surface area contributed by atoms with E-state index in [1.165, 1.54) is 12.1 Å². The standard InChI is InChI=1S/C15H23FN2O/c1-12(13-7-9-14(16)10-8-13)18-15(19)6-4-2-3-5-11-17/h7-10,12H,2-6,11,17H2,1H3,(H,18,19)/t12-/m1/s1. The predicted molar refractivity (Wildman–Crippen MR) is 75.1 cm³/mol. The first-order valence-corrected chi connectivity index (χ1v) is 6.88. The number of amides is 1. The van der Waals surface area contributed by atoms with Crippen LogP contribution in [0.4, 0.5) is 4.39 Å². The van der Waals surface area contributed by atoms with Crippen molar-refractivity contribution in [2.24, 2.45) is 5.73 Å². The van der Waals surface area contributed by atoms with E-state index in [9.17, 15) is 9.18 Å². The van der Waals surface area contributed by atoms with Gasteiger partial charge in [-0.3, -0.25) is 4.79 Å². The lowest BCUT2D eigenvalue weighted by molar-refractivity contribution is -0.121. The number of rotatable bonds is 8. The molecule has 0 unspecified atom stereocenters. The monoisotopic (exact) mass is 266 g/mol. The molecule has 0 aliphatic heterocycles. The van der Waals surface area contributed by atoms with Crippen LogP contribution in [-0.4, -0.2) is 12.5 Å². The van der Waals surface area contributed by atoms with Crippen LogP contribution in [0.3, 0.4) is 0 Å². The minimum Gasteiger partial charge on any atom is -0.350 e. The lowest BCUT2D eigenvalue weighted by Gasteiger charge is -2.14. The maximum atomic E-state index is 12.8. The first-order chi connectivity index (χ1) is 9.13. The Balaban J connectivity index is 2.26. The number of unbranched alkanes of at least 4 members (excludes halogenated alkanes) is 3. The van der Waals surface area contributed by atoms with E-state index in [0.717, 1.165) is 31.2 Å². The number of carbonyl (C=O) groups excluding carboxylic acids is 1. The molecule has 1 aromatic carbocycles. The Morgan fingerprint density at radius 2 is 1.84 bits per heavy atom. The zero-order chi connectivity index (χ0) is 14.1. The molecule has 0 radical (unpaired) electrons. The van der Waals surface area contributed by atoms with Gasteiger partial charge in [-0.15, -0.1) is 0 Å². The van der Waals surface area contributed by atoms with Gasteiger partial charge in [-0.25, -0.2) is 4.39 Å². The summed E-state index contributed by atoms with van der Waals surface area (Å²) in [5.74, 6) is -0.216. The van der Waals surface area contributed by atoms with Gasteiger partial charge in [0.15, 0.2) is 0 Å². The van der Waals surface area contributed by atoms with Crippen molar-refractivity contribution in [3.63, 3.8) is 0 Å². The van der Waals surface area contributed by atoms with E-state index in [-0.39, 0.29) is 17.8 Å². The van der Waals surface area contributed by atoms with Crippen molar-refractivity contribution in [1.82, 2.24) is 5.32 Å². The van der Waals surface area contributed by atoms with E-state index in [1.54, 1.807) is 12.1 Å². The summed E-state index contributed by atoms with van der Waals surface area (Å²) in [6.07, 6.45) is 4.57. The van der Waals surface area contributed by atoms with Crippen LogP contribution in [0, 0.1) is 5.82 Å². The van der Waals surface area contributed by atoms with Gasteiger partial charge in [0.05, 0.1) is 6.04 Å². The molecule has 0 aliphatic rings. The Morgan fingerprint density at radius 1 is 1.21 bits per heavy atom. The van der Waals surface area contributed by atoms with Crippen LogP contribution < -0.4 is 11.1 Å². The lowest BCUT2D eigenvalue weighted by Crippen LogP contribution is -2.26. The van der Waals surface area contributed by atoms with Crippen molar-refractivity contribution in [3.05, 3.63) is 35.6 Å². The minimum atomic E-state index is -0.262. The number of nitrogens with two attached hydrogens (primary N) is 1. The van der Waals surface area contributed by atoms with E-state index in [1.807, 2.05) is 6.92 Å². The summed E-state index contributed by atoms with van der Waals surface area (Å²) in [5.41, 5.74) is 6.32. The average molecular weight is 266 g/mol. The molecule has 0 heterocycles. The van der Waals surface area contributed by atoms with Crippen molar-refractivity contribution in [2.75, 3.05) is 6.54 Å². The highest BCUT2D eigenvalue weighted by molar-refractivity contribution is 5.76. The van der Waals surface area contributed by atoms with Gasteiger partial charge in [-0.05, 0) is 44.0 Å². The molecule has 1 rings (SSSR count). The fraction of sp³-hybridized carbons (Fsp3) is 0.533. The molecule has 1 aromatic rings. The highest BCUT2D eigenvalue weighted by Crippen LogP contribution is 2.13. The second-order valence-corrected chi connectivity index (χ2v) is 4.79. The smallest absolute Gasteiger partial charge is 0.220 e. The first-order valence-electron chi connectivity index (χ1n) is 6.88. The average Bonchev–Trinajstić information content (AvgIpc) is 2.39. The molecule has 0 saturated heterocycles. The molecule has 1 amide bonds. The molecule has 0 aliphatic carbocycles. The van der Waals surface area contributed by atoms with Crippen LogP contribution in [0.2, 0.25) is 0 Å². The number of hydrogen-bond donors (Lipinski definition) is 2. The van der Waals surface area contributed by atoms with Crippen molar-refractivity contribution >= 4 is 5.91 Å². The van der Waals surface area contributed by atoms with Gasteiger partial charge in [0.2, 0.25) is 5.91 Å². The van der Waals surface area contributed by atoms with Crippen LogP contribution >= 0.6 is 0 Å². The Hall–Kier alpha value is -1.42. The van der Waals surface area contributed by atoms with Crippen LogP contribution in [-0.2, 0) is 4.79 Å². The van der Waals surface area contributed by atoms with E-state index in [4.69, 9.17) is 5.73 Å². The van der Waals surface area contributed by atoms with Gasteiger partial charge in [-0.2, -0.15) is 0 Å². The zero-order valence-electron chi connectivity index (χ0n) is 11.5. The summed E-state index contributed by atoms with van der Waals surface area (Å²) in [6.45, 7) is 2.62. The largest absolute Gasteiger partial charge is 0.350 e. The fourth-order valence-corrected chi connectivity index (χ4v) is 1.93. The number of benzene rings is 1. The maximum absolute atomic E-state index is 12.8. The Labute approximate surface area is 114 Å². The number of hydrogen-bond acceptors (Lipinski definition) is 2. The number of halogens is 1. The van der Waals surface area contributed by atoms with Crippen molar-refractivity contribution in [2.45, 2.75) is 45.1 Å². The highest BCUT2D eigenvalue weighted by atomic mass is 19.1. The third kappa shape index (κ3) is 6.34. The molecule has 3 N–H and O–H groups in total. The lowest BCUT2D eigenvalue weighted by atomic mass is 10.1. The van der Waals surface area contributed by atoms with Crippen LogP contribution in [0.5, 0.6) is 0 Å². The van der Waals surface area contributed by atoms with Gasteiger partial charge < -0.3 is 11.1 Å². The fourth-order valence-electron chi connectivity index (χ4n) is 1.93. The minimum absolute atomic E-state index is 0.0459. The van der Waals surface area contributed by atoms with E-state index < -0.39 is 0 Å². The van der Waals surface area contributed by atoms with E-state index in [2.05, 4.69) is 5.32 Å². The molecule has 0 spiro atoms. The summed E-state index contributed by atoms with van der Waals surface area (Å²) in [5, 5.41) is 2.92. The summed E-state index contributed by atoms with van der Waals surface area (Å²) < 4.78 is 12.8. The second-order valence-electron chi connectivity index (χ2n) is 4.79. The summed E-state index contributed by atoms with van der Waals surface area (Å²) >= 11 is 0. The molecule has 4 heteroatoms. The summed E-state index contributed by atoms with van der Waals surface area (Å²) in [4.78, 5) is 11.7. The molecular formula is C15H23FN2O. The van der Waals surface area contributed by atoms with Crippen LogP contribution in [0.15, 0.2) is 24.3 Å². The molecule has 19 heavy (non-hydrogen) atoms. The topological polar surface area (TPSA) is 55.1 Å². The third-order valence-corrected chi connectivity index (χ3v) is 3.11. The molecule has 1 atom stereocenters. The third-order valence-electron chi connectivity index (χ3n) is 3.11. The van der Waals surface area contributed by atoms with Crippen molar-refractivity contribution in [3.8, 4) is 0 Å². The summed E-state index contributed by atoms with van der Waals surface area (Å²) in [6, 6.07) is 6.12. The second kappa shape index (κ2) is 8.64. The maximum Gasteiger partial charge on any atom is 0.220 e.